The Morgan fingerprint density at radius 3 is 2.45 bits per heavy atom. The molecule has 3 N–H and O–H groups in total. The molecule has 4 nitrogen and oxygen atoms in total. The third-order valence-corrected chi connectivity index (χ3v) is 4.02. The van der Waals surface area contributed by atoms with Crippen LogP contribution in [0.15, 0.2) is 18.2 Å². The molecule has 122 valence electrons. The van der Waals surface area contributed by atoms with Crippen LogP contribution in [0, 0.1) is 5.82 Å². The Bertz CT molecular complexity index is 559. The van der Waals surface area contributed by atoms with E-state index < -0.39 is 11.8 Å². The lowest BCUT2D eigenvalue weighted by molar-refractivity contribution is 0.149. The van der Waals surface area contributed by atoms with Gasteiger partial charge in [0.2, 0.25) is 0 Å². The summed E-state index contributed by atoms with van der Waals surface area (Å²) in [5.74, 6) is -0.620. The Kier molecular flexibility index (Phi) is 4.68. The molecule has 1 aromatic rings. The number of urea groups is 1. The lowest BCUT2D eigenvalue weighted by Gasteiger charge is -2.46. The molecule has 0 radical (unpaired) electrons. The van der Waals surface area contributed by atoms with Crippen LogP contribution in [0.25, 0.3) is 0 Å². The van der Waals surface area contributed by atoms with Gasteiger partial charge in [0.15, 0.2) is 5.82 Å². The summed E-state index contributed by atoms with van der Waals surface area (Å²) < 4.78 is 13.8. The molecule has 1 saturated heterocycles. The molecule has 0 aliphatic carbocycles. The Balaban J connectivity index is 2.01. The molecule has 1 aliphatic heterocycles. The van der Waals surface area contributed by atoms with Gasteiger partial charge in [0.05, 0.1) is 10.7 Å². The number of hydrogen-bond donors (Lipinski definition) is 3. The summed E-state index contributed by atoms with van der Waals surface area (Å²) >= 11 is 5.71. The maximum Gasteiger partial charge on any atom is 0.319 e. The molecular formula is C16H23ClFN3O. The first-order chi connectivity index (χ1) is 10.1. The molecule has 22 heavy (non-hydrogen) atoms. The Labute approximate surface area is 135 Å². The molecule has 1 fully saturated rings. The highest BCUT2D eigenvalue weighted by molar-refractivity contribution is 6.31. The number of benzene rings is 1. The third-order valence-electron chi connectivity index (χ3n) is 3.73. The average molecular weight is 328 g/mol. The standard InChI is InChI=1S/C16H23ClFN3O/c1-15(2)8-10(9-16(3,4)21-15)19-14(22)20-12-7-5-6-11(17)13(12)18/h5-7,10,21H,8-9H2,1-4H3,(H2,19,20,22). The number of hydrogen-bond acceptors (Lipinski definition) is 2. The van der Waals surface area contributed by atoms with Crippen LogP contribution < -0.4 is 16.0 Å². The maximum absolute atomic E-state index is 13.8. The van der Waals surface area contributed by atoms with Gasteiger partial charge in [-0.25, -0.2) is 9.18 Å². The van der Waals surface area contributed by atoms with E-state index in [-0.39, 0.29) is 27.8 Å². The molecule has 0 atom stereocenters. The molecular weight excluding hydrogens is 305 g/mol. The van der Waals surface area contributed by atoms with E-state index in [1.807, 2.05) is 0 Å². The number of rotatable bonds is 2. The van der Waals surface area contributed by atoms with Gasteiger partial charge in [-0.05, 0) is 52.7 Å². The summed E-state index contributed by atoms with van der Waals surface area (Å²) in [6.07, 6.45) is 1.61. The fourth-order valence-corrected chi connectivity index (χ4v) is 3.54. The van der Waals surface area contributed by atoms with Crippen molar-refractivity contribution in [2.75, 3.05) is 5.32 Å². The van der Waals surface area contributed by atoms with Crippen LogP contribution in [-0.4, -0.2) is 23.2 Å². The second kappa shape index (κ2) is 6.05. The van der Waals surface area contributed by atoms with Crippen LogP contribution in [0.3, 0.4) is 0 Å². The Morgan fingerprint density at radius 2 is 1.86 bits per heavy atom. The van der Waals surface area contributed by atoms with Crippen molar-refractivity contribution in [2.45, 2.75) is 57.7 Å². The maximum atomic E-state index is 13.8. The lowest BCUT2D eigenvalue weighted by atomic mass is 9.80. The van der Waals surface area contributed by atoms with E-state index in [1.54, 1.807) is 6.07 Å². The van der Waals surface area contributed by atoms with Crippen molar-refractivity contribution in [1.82, 2.24) is 10.6 Å². The monoisotopic (exact) mass is 327 g/mol. The van der Waals surface area contributed by atoms with Crippen LogP contribution in [0.1, 0.15) is 40.5 Å². The zero-order valence-corrected chi connectivity index (χ0v) is 14.1. The van der Waals surface area contributed by atoms with E-state index in [2.05, 4.69) is 43.6 Å². The van der Waals surface area contributed by atoms with Crippen LogP contribution in [0.5, 0.6) is 0 Å². The van der Waals surface area contributed by atoms with Gasteiger partial charge in [-0.2, -0.15) is 0 Å². The molecule has 6 heteroatoms. The molecule has 0 spiro atoms. The minimum absolute atomic E-state index is 0.0121. The quantitative estimate of drug-likeness (QED) is 0.771. The van der Waals surface area contributed by atoms with E-state index >= 15 is 0 Å². The van der Waals surface area contributed by atoms with Crippen LogP contribution >= 0.6 is 11.6 Å². The summed E-state index contributed by atoms with van der Waals surface area (Å²) in [4.78, 5) is 12.1. The number of carbonyl (C=O) groups excluding carboxylic acids is 1. The molecule has 2 amide bonds. The topological polar surface area (TPSA) is 53.2 Å². The predicted molar refractivity (Wildman–Crippen MR) is 87.9 cm³/mol. The van der Waals surface area contributed by atoms with Crippen molar-refractivity contribution in [1.29, 1.82) is 0 Å². The molecule has 0 unspecified atom stereocenters. The van der Waals surface area contributed by atoms with E-state index in [1.165, 1.54) is 12.1 Å². The van der Waals surface area contributed by atoms with Gasteiger partial charge in [0.1, 0.15) is 0 Å². The highest BCUT2D eigenvalue weighted by Crippen LogP contribution is 2.28. The van der Waals surface area contributed by atoms with E-state index in [0.717, 1.165) is 12.8 Å². The second-order valence-corrected chi connectivity index (χ2v) is 7.60. The summed E-state index contributed by atoms with van der Waals surface area (Å²) in [6.45, 7) is 8.43. The second-order valence-electron chi connectivity index (χ2n) is 7.20. The largest absolute Gasteiger partial charge is 0.335 e. The first kappa shape index (κ1) is 17.0. The first-order valence-corrected chi connectivity index (χ1v) is 7.77. The fourth-order valence-electron chi connectivity index (χ4n) is 3.37. The van der Waals surface area contributed by atoms with Crippen molar-refractivity contribution in [3.05, 3.63) is 29.0 Å². The minimum Gasteiger partial charge on any atom is -0.335 e. The molecule has 0 saturated carbocycles. The van der Waals surface area contributed by atoms with Crippen molar-refractivity contribution in [3.63, 3.8) is 0 Å². The summed E-state index contributed by atoms with van der Waals surface area (Å²) in [5.41, 5.74) is -0.0559. The Morgan fingerprint density at radius 1 is 1.27 bits per heavy atom. The van der Waals surface area contributed by atoms with Gasteiger partial charge < -0.3 is 16.0 Å². The van der Waals surface area contributed by atoms with Crippen LogP contribution in [0.4, 0.5) is 14.9 Å². The summed E-state index contributed by atoms with van der Waals surface area (Å²) in [5, 5.41) is 8.99. The van der Waals surface area contributed by atoms with Gasteiger partial charge in [0.25, 0.3) is 0 Å². The van der Waals surface area contributed by atoms with Crippen molar-refractivity contribution in [2.24, 2.45) is 0 Å². The zero-order chi connectivity index (χ0) is 16.5. The van der Waals surface area contributed by atoms with Crippen molar-refractivity contribution in [3.8, 4) is 0 Å². The van der Waals surface area contributed by atoms with Crippen LogP contribution in [-0.2, 0) is 0 Å². The highest BCUT2D eigenvalue weighted by Gasteiger charge is 2.38. The molecule has 1 heterocycles. The van der Waals surface area contributed by atoms with Gasteiger partial charge >= 0.3 is 6.03 Å². The molecule has 1 aromatic carbocycles. The van der Waals surface area contributed by atoms with Crippen molar-refractivity contribution >= 4 is 23.3 Å². The number of anilines is 1. The van der Waals surface area contributed by atoms with Gasteiger partial charge in [-0.15, -0.1) is 0 Å². The smallest absolute Gasteiger partial charge is 0.319 e. The molecule has 1 aliphatic rings. The average Bonchev–Trinajstić information content (AvgIpc) is 2.30. The number of carbonyl (C=O) groups is 1. The molecule has 0 bridgehead atoms. The van der Waals surface area contributed by atoms with Crippen LogP contribution in [0.2, 0.25) is 5.02 Å². The molecule has 0 aromatic heterocycles. The van der Waals surface area contributed by atoms with Gasteiger partial charge in [-0.3, -0.25) is 0 Å². The van der Waals surface area contributed by atoms with Crippen molar-refractivity contribution < 1.29 is 9.18 Å². The van der Waals surface area contributed by atoms with Gasteiger partial charge in [0, 0.05) is 17.1 Å². The Hall–Kier alpha value is -1.33. The minimum atomic E-state index is -0.620. The van der Waals surface area contributed by atoms with E-state index in [9.17, 15) is 9.18 Å². The number of nitrogens with one attached hydrogen (secondary N) is 3. The predicted octanol–water partition coefficient (Wildman–Crippen LogP) is 3.91. The normalized spacial score (nSPS) is 20.5. The lowest BCUT2D eigenvalue weighted by Crippen LogP contribution is -2.62. The zero-order valence-electron chi connectivity index (χ0n) is 13.4. The number of halogens is 2. The third kappa shape index (κ3) is 4.34. The number of piperidine rings is 1. The van der Waals surface area contributed by atoms with E-state index in [0.29, 0.717) is 0 Å². The highest BCUT2D eigenvalue weighted by atomic mass is 35.5. The van der Waals surface area contributed by atoms with Gasteiger partial charge in [-0.1, -0.05) is 17.7 Å². The number of amides is 2. The van der Waals surface area contributed by atoms with E-state index in [4.69, 9.17) is 11.6 Å². The molecule has 2 rings (SSSR count). The first-order valence-electron chi connectivity index (χ1n) is 7.39. The SMILES string of the molecule is CC1(C)CC(NC(=O)Nc2cccc(Cl)c2F)CC(C)(C)N1. The summed E-state index contributed by atoms with van der Waals surface area (Å²) in [6, 6.07) is 4.13. The summed E-state index contributed by atoms with van der Waals surface area (Å²) in [7, 11) is 0. The fraction of sp³-hybridized carbons (Fsp3) is 0.562.